The van der Waals surface area contributed by atoms with Gasteiger partial charge in [0.25, 0.3) is 0 Å². The fourth-order valence-corrected chi connectivity index (χ4v) is 1.14. The lowest BCUT2D eigenvalue weighted by atomic mass is 10.0. The molecule has 2 heteroatoms. The van der Waals surface area contributed by atoms with E-state index in [9.17, 15) is 8.78 Å². The van der Waals surface area contributed by atoms with Crippen LogP contribution in [-0.4, -0.2) is 5.92 Å². The zero-order valence-corrected chi connectivity index (χ0v) is 5.88. The van der Waals surface area contributed by atoms with E-state index in [1.165, 1.54) is 0 Å². The first kappa shape index (κ1) is 6.97. The van der Waals surface area contributed by atoms with Crippen molar-refractivity contribution in [2.45, 2.75) is 39.0 Å². The summed E-state index contributed by atoms with van der Waals surface area (Å²) >= 11 is 0. The molecule has 0 amide bonds. The van der Waals surface area contributed by atoms with Crippen LogP contribution >= 0.6 is 0 Å². The summed E-state index contributed by atoms with van der Waals surface area (Å²) in [6.45, 7) is 2.92. The van der Waals surface area contributed by atoms with Crippen molar-refractivity contribution in [3.8, 4) is 0 Å². The Morgan fingerprint density at radius 2 is 1.89 bits per heavy atom. The van der Waals surface area contributed by atoms with Crippen LogP contribution in [0.3, 0.4) is 0 Å². The van der Waals surface area contributed by atoms with Crippen molar-refractivity contribution in [2.24, 2.45) is 5.41 Å². The minimum absolute atomic E-state index is 0.0156. The van der Waals surface area contributed by atoms with Crippen LogP contribution in [0.5, 0.6) is 0 Å². The summed E-state index contributed by atoms with van der Waals surface area (Å²) in [6, 6.07) is 0. The van der Waals surface area contributed by atoms with Crippen LogP contribution in [-0.2, 0) is 0 Å². The molecule has 0 aromatic rings. The van der Waals surface area contributed by atoms with Crippen molar-refractivity contribution in [2.75, 3.05) is 0 Å². The molecule has 0 radical (unpaired) electrons. The summed E-state index contributed by atoms with van der Waals surface area (Å²) < 4.78 is 24.5. The van der Waals surface area contributed by atoms with Gasteiger partial charge in [-0.15, -0.1) is 0 Å². The smallest absolute Gasteiger partial charge is 0.207 e. The summed E-state index contributed by atoms with van der Waals surface area (Å²) in [7, 11) is 0. The molecule has 0 aromatic heterocycles. The van der Waals surface area contributed by atoms with E-state index in [4.69, 9.17) is 0 Å². The van der Waals surface area contributed by atoms with Crippen LogP contribution in [0.4, 0.5) is 8.78 Å². The highest BCUT2D eigenvalue weighted by Crippen LogP contribution is 2.51. The second-order valence-electron chi connectivity index (χ2n) is 3.56. The van der Waals surface area contributed by atoms with Gasteiger partial charge in [0, 0.05) is 6.42 Å². The highest BCUT2D eigenvalue weighted by molar-refractivity contribution is 4.91. The van der Waals surface area contributed by atoms with Crippen molar-refractivity contribution in [3.63, 3.8) is 0 Å². The maximum atomic E-state index is 12.3. The molecule has 1 saturated carbocycles. The van der Waals surface area contributed by atoms with E-state index in [2.05, 4.69) is 0 Å². The molecule has 1 rings (SSSR count). The Morgan fingerprint density at radius 1 is 1.44 bits per heavy atom. The maximum absolute atomic E-state index is 12.3. The summed E-state index contributed by atoms with van der Waals surface area (Å²) in [5, 5.41) is 0. The topological polar surface area (TPSA) is 0 Å². The predicted octanol–water partition coefficient (Wildman–Crippen LogP) is 2.83. The van der Waals surface area contributed by atoms with E-state index in [0.717, 1.165) is 19.8 Å². The van der Waals surface area contributed by atoms with Gasteiger partial charge in [0.05, 0.1) is 0 Å². The average Bonchev–Trinajstić information content (AvgIpc) is 2.12. The summed E-state index contributed by atoms with van der Waals surface area (Å²) in [4.78, 5) is 0. The van der Waals surface area contributed by atoms with Gasteiger partial charge in [-0.05, 0) is 25.2 Å². The zero-order chi connectivity index (χ0) is 7.12. The summed E-state index contributed by atoms with van der Waals surface area (Å²) in [5.41, 5.74) is -0.0156. The molecule has 54 valence electrons. The number of hydrogen-bond acceptors (Lipinski definition) is 0. The molecule has 0 N–H and O–H groups in total. The number of hydrogen-bond donors (Lipinski definition) is 0. The van der Waals surface area contributed by atoms with Gasteiger partial charge >= 0.3 is 0 Å². The molecule has 0 heterocycles. The van der Waals surface area contributed by atoms with E-state index in [1.807, 2.05) is 6.92 Å². The minimum atomic E-state index is -2.45. The van der Waals surface area contributed by atoms with Crippen LogP contribution in [0.1, 0.15) is 33.1 Å². The first-order valence-electron chi connectivity index (χ1n) is 3.29. The molecule has 0 bridgehead atoms. The third-order valence-electron chi connectivity index (χ3n) is 1.84. The Hall–Kier alpha value is -0.140. The van der Waals surface area contributed by atoms with Crippen LogP contribution in [0.2, 0.25) is 0 Å². The Labute approximate surface area is 54.3 Å². The SMILES string of the molecule is CC(F)(F)CC1(C)CC1. The molecule has 0 saturated heterocycles. The fraction of sp³-hybridized carbons (Fsp3) is 1.00. The third kappa shape index (κ3) is 2.29. The zero-order valence-electron chi connectivity index (χ0n) is 5.88. The Balaban J connectivity index is 2.33. The van der Waals surface area contributed by atoms with Gasteiger partial charge in [0.1, 0.15) is 0 Å². The van der Waals surface area contributed by atoms with Crippen molar-refractivity contribution < 1.29 is 8.78 Å². The van der Waals surface area contributed by atoms with Gasteiger partial charge in [-0.3, -0.25) is 0 Å². The first-order valence-corrected chi connectivity index (χ1v) is 3.29. The van der Waals surface area contributed by atoms with E-state index in [1.54, 1.807) is 0 Å². The molecule has 0 unspecified atom stereocenters. The molecule has 1 aliphatic rings. The van der Waals surface area contributed by atoms with Crippen LogP contribution in [0.15, 0.2) is 0 Å². The molecule has 1 aliphatic carbocycles. The molecular formula is C7H12F2. The largest absolute Gasteiger partial charge is 0.245 e. The lowest BCUT2D eigenvalue weighted by Crippen LogP contribution is -2.14. The average molecular weight is 134 g/mol. The molecule has 0 aromatic carbocycles. The molecule has 0 atom stereocenters. The van der Waals surface area contributed by atoms with Crippen molar-refractivity contribution in [1.29, 1.82) is 0 Å². The highest BCUT2D eigenvalue weighted by Gasteiger charge is 2.43. The molecule has 1 fully saturated rings. The van der Waals surface area contributed by atoms with Gasteiger partial charge < -0.3 is 0 Å². The highest BCUT2D eigenvalue weighted by atomic mass is 19.3. The lowest BCUT2D eigenvalue weighted by molar-refractivity contribution is -0.00532. The van der Waals surface area contributed by atoms with Gasteiger partial charge in [0.2, 0.25) is 5.92 Å². The number of halogens is 2. The van der Waals surface area contributed by atoms with Crippen LogP contribution in [0, 0.1) is 5.41 Å². The fourth-order valence-electron chi connectivity index (χ4n) is 1.14. The van der Waals surface area contributed by atoms with E-state index < -0.39 is 5.92 Å². The molecule has 0 spiro atoms. The van der Waals surface area contributed by atoms with Crippen molar-refractivity contribution >= 4 is 0 Å². The molecular weight excluding hydrogens is 122 g/mol. The Morgan fingerprint density at radius 3 is 2.00 bits per heavy atom. The second-order valence-corrected chi connectivity index (χ2v) is 3.56. The van der Waals surface area contributed by atoms with Gasteiger partial charge in [-0.1, -0.05) is 6.92 Å². The standard InChI is InChI=1S/C7H12F2/c1-6(3-4-6)5-7(2,8)9/h3-5H2,1-2H3. The van der Waals surface area contributed by atoms with Crippen molar-refractivity contribution in [3.05, 3.63) is 0 Å². The normalized spacial score (nSPS) is 24.0. The summed E-state index contributed by atoms with van der Waals surface area (Å²) in [5.74, 6) is -2.45. The number of alkyl halides is 2. The van der Waals surface area contributed by atoms with E-state index in [-0.39, 0.29) is 11.8 Å². The molecule has 0 nitrogen and oxygen atoms in total. The lowest BCUT2D eigenvalue weighted by Gasteiger charge is -2.14. The second kappa shape index (κ2) is 1.68. The first-order chi connectivity index (χ1) is 3.91. The van der Waals surface area contributed by atoms with Crippen molar-refractivity contribution in [1.82, 2.24) is 0 Å². The number of rotatable bonds is 2. The Bertz CT molecular complexity index is 105. The van der Waals surface area contributed by atoms with Crippen LogP contribution < -0.4 is 0 Å². The van der Waals surface area contributed by atoms with Gasteiger partial charge in [0.15, 0.2) is 0 Å². The van der Waals surface area contributed by atoms with E-state index in [0.29, 0.717) is 0 Å². The third-order valence-corrected chi connectivity index (χ3v) is 1.84. The van der Waals surface area contributed by atoms with Crippen LogP contribution in [0.25, 0.3) is 0 Å². The van der Waals surface area contributed by atoms with E-state index >= 15 is 0 Å². The van der Waals surface area contributed by atoms with Gasteiger partial charge in [-0.2, -0.15) is 0 Å². The maximum Gasteiger partial charge on any atom is 0.245 e. The molecule has 0 aliphatic heterocycles. The van der Waals surface area contributed by atoms with Gasteiger partial charge in [-0.25, -0.2) is 8.78 Å². The predicted molar refractivity (Wildman–Crippen MR) is 32.6 cm³/mol. The quantitative estimate of drug-likeness (QED) is 0.544. The minimum Gasteiger partial charge on any atom is -0.207 e. The Kier molecular flexibility index (Phi) is 1.30. The summed E-state index contributed by atoms with van der Waals surface area (Å²) in [6.07, 6.45) is 2.03. The monoisotopic (exact) mass is 134 g/mol. The molecule has 9 heavy (non-hydrogen) atoms.